The van der Waals surface area contributed by atoms with Crippen molar-refractivity contribution in [1.82, 2.24) is 20.4 Å². The summed E-state index contributed by atoms with van der Waals surface area (Å²) in [6.45, 7) is 0.0155. The van der Waals surface area contributed by atoms with Crippen LogP contribution in [0.1, 0.15) is 25.7 Å². The highest BCUT2D eigenvalue weighted by Crippen LogP contribution is 2.48. The van der Waals surface area contributed by atoms with Crippen molar-refractivity contribution in [2.24, 2.45) is 0 Å². The standard InChI is InChI=1S/C28H34FN5O4S/c1-30-14-16-32(2)26(36)17-19(23(35)18-29)31-27(37)22-11-7-8-15-33(22)28(38)34-20-9-3-5-12-24(20)39-25-13-6-4-10-21(25)34/h3-6,9-10,12-13,19,22,30H,7-8,11,14-18H2,1-2H3,(H,31,37)/t19-,22-/m0/s1. The maximum absolute atomic E-state index is 14.1. The summed E-state index contributed by atoms with van der Waals surface area (Å²) in [4.78, 5) is 59.1. The van der Waals surface area contributed by atoms with Gasteiger partial charge in [0.2, 0.25) is 11.8 Å². The van der Waals surface area contributed by atoms with Crippen LogP contribution in [-0.2, 0) is 14.4 Å². The lowest BCUT2D eigenvalue weighted by molar-refractivity contribution is -0.136. The van der Waals surface area contributed by atoms with Gasteiger partial charge in [0.15, 0.2) is 5.78 Å². The lowest BCUT2D eigenvalue weighted by Gasteiger charge is -2.40. The molecule has 0 aliphatic carbocycles. The molecule has 39 heavy (non-hydrogen) atoms. The van der Waals surface area contributed by atoms with Crippen LogP contribution in [0.3, 0.4) is 0 Å². The van der Waals surface area contributed by atoms with Crippen molar-refractivity contribution in [3.63, 3.8) is 0 Å². The molecule has 11 heteroatoms. The molecule has 1 fully saturated rings. The van der Waals surface area contributed by atoms with E-state index in [9.17, 15) is 23.6 Å². The average Bonchev–Trinajstić information content (AvgIpc) is 2.97. The quantitative estimate of drug-likeness (QED) is 0.492. The first kappa shape index (κ1) is 28.6. The fourth-order valence-electron chi connectivity index (χ4n) is 4.81. The van der Waals surface area contributed by atoms with E-state index in [0.717, 1.165) is 34.0 Å². The monoisotopic (exact) mass is 555 g/mol. The Kier molecular flexibility index (Phi) is 9.58. The van der Waals surface area contributed by atoms with Crippen LogP contribution in [-0.4, -0.2) is 85.9 Å². The molecular formula is C28H34FN5O4S. The van der Waals surface area contributed by atoms with E-state index in [1.54, 1.807) is 30.8 Å². The largest absolute Gasteiger partial charge is 0.344 e. The Morgan fingerprint density at radius 3 is 2.31 bits per heavy atom. The van der Waals surface area contributed by atoms with Crippen molar-refractivity contribution < 1.29 is 23.6 Å². The number of halogens is 1. The first-order chi connectivity index (χ1) is 18.8. The summed E-state index contributed by atoms with van der Waals surface area (Å²) < 4.78 is 13.4. The number of Topliss-reactive ketones (excluding diaryl/α,β-unsaturated/α-hetero) is 1. The minimum atomic E-state index is -1.31. The predicted octanol–water partition coefficient (Wildman–Crippen LogP) is 3.36. The van der Waals surface area contributed by atoms with Gasteiger partial charge in [-0.1, -0.05) is 36.0 Å². The van der Waals surface area contributed by atoms with Crippen molar-refractivity contribution in [3.05, 3.63) is 48.5 Å². The third-order valence-corrected chi connectivity index (χ3v) is 8.14. The summed E-state index contributed by atoms with van der Waals surface area (Å²) in [7, 11) is 3.34. The number of likely N-dealkylation sites (N-methyl/N-ethyl adjacent to an activating group) is 2. The zero-order valence-corrected chi connectivity index (χ0v) is 23.0. The van der Waals surface area contributed by atoms with Crippen LogP contribution in [0.25, 0.3) is 0 Å². The summed E-state index contributed by atoms with van der Waals surface area (Å²) in [6.07, 6.45) is 1.50. The third-order valence-electron chi connectivity index (χ3n) is 7.01. The van der Waals surface area contributed by atoms with Crippen LogP contribution in [0.15, 0.2) is 58.3 Å². The molecular weight excluding hydrogens is 521 g/mol. The Bertz CT molecular complexity index is 1180. The summed E-state index contributed by atoms with van der Waals surface area (Å²) in [6, 6.07) is 12.7. The molecule has 0 aromatic heterocycles. The molecule has 0 spiro atoms. The Labute approximate surface area is 232 Å². The fraction of sp³-hybridized carbons (Fsp3) is 0.429. The first-order valence-electron chi connectivity index (χ1n) is 13.1. The number of urea groups is 1. The Hall–Kier alpha value is -3.44. The van der Waals surface area contributed by atoms with Gasteiger partial charge < -0.3 is 20.4 Å². The number of fused-ring (bicyclic) bond motifs is 2. The number of anilines is 2. The number of likely N-dealkylation sites (tertiary alicyclic amines) is 1. The van der Waals surface area contributed by atoms with Crippen LogP contribution in [0.4, 0.5) is 20.6 Å². The Morgan fingerprint density at radius 1 is 1.05 bits per heavy atom. The summed E-state index contributed by atoms with van der Waals surface area (Å²) in [5.41, 5.74) is 1.47. The lowest BCUT2D eigenvalue weighted by Crippen LogP contribution is -2.58. The van der Waals surface area contributed by atoms with E-state index in [0.29, 0.717) is 26.1 Å². The van der Waals surface area contributed by atoms with Gasteiger partial charge in [-0.2, -0.15) is 0 Å². The molecule has 0 bridgehead atoms. The maximum atomic E-state index is 14.1. The van der Waals surface area contributed by atoms with Gasteiger partial charge in [0.05, 0.1) is 23.8 Å². The summed E-state index contributed by atoms with van der Waals surface area (Å²) in [5, 5.41) is 5.53. The van der Waals surface area contributed by atoms with Gasteiger partial charge in [-0.25, -0.2) is 9.18 Å². The zero-order valence-electron chi connectivity index (χ0n) is 22.2. The molecule has 9 nitrogen and oxygen atoms in total. The van der Waals surface area contributed by atoms with Crippen LogP contribution < -0.4 is 15.5 Å². The summed E-state index contributed by atoms with van der Waals surface area (Å²) >= 11 is 1.58. The topological polar surface area (TPSA) is 102 Å². The van der Waals surface area contributed by atoms with Crippen molar-refractivity contribution in [2.45, 2.75) is 47.6 Å². The van der Waals surface area contributed by atoms with E-state index >= 15 is 0 Å². The highest BCUT2D eigenvalue weighted by atomic mass is 32.2. The number of nitrogens with zero attached hydrogens (tertiary/aromatic N) is 3. The van der Waals surface area contributed by atoms with Crippen LogP contribution in [0.5, 0.6) is 0 Å². The van der Waals surface area contributed by atoms with Gasteiger partial charge >= 0.3 is 6.03 Å². The number of carbonyl (C=O) groups is 4. The number of nitrogens with one attached hydrogen (secondary N) is 2. The van der Waals surface area contributed by atoms with E-state index < -0.39 is 30.4 Å². The number of alkyl halides is 1. The zero-order chi connectivity index (χ0) is 27.9. The smallest absolute Gasteiger partial charge is 0.329 e. The molecule has 4 amide bonds. The Morgan fingerprint density at radius 2 is 1.69 bits per heavy atom. The molecule has 208 valence electrons. The number of amides is 4. The molecule has 0 radical (unpaired) electrons. The van der Waals surface area contributed by atoms with Gasteiger partial charge in [-0.3, -0.25) is 19.3 Å². The number of ketones is 1. The van der Waals surface area contributed by atoms with E-state index in [1.807, 2.05) is 48.5 Å². The number of hydrogen-bond donors (Lipinski definition) is 2. The number of piperidine rings is 1. The van der Waals surface area contributed by atoms with Crippen molar-refractivity contribution in [3.8, 4) is 0 Å². The van der Waals surface area contributed by atoms with Crippen LogP contribution in [0.2, 0.25) is 0 Å². The van der Waals surface area contributed by atoms with Crippen LogP contribution >= 0.6 is 11.8 Å². The molecule has 2 aromatic rings. The number of para-hydroxylation sites is 2. The van der Waals surface area contributed by atoms with Gasteiger partial charge in [-0.05, 0) is 50.6 Å². The van der Waals surface area contributed by atoms with Gasteiger partial charge in [0.25, 0.3) is 0 Å². The molecule has 2 heterocycles. The average molecular weight is 556 g/mol. The molecule has 0 saturated carbocycles. The van der Waals surface area contributed by atoms with E-state index in [2.05, 4.69) is 10.6 Å². The van der Waals surface area contributed by atoms with Gasteiger partial charge in [-0.15, -0.1) is 0 Å². The van der Waals surface area contributed by atoms with Crippen molar-refractivity contribution in [2.75, 3.05) is 45.3 Å². The minimum Gasteiger partial charge on any atom is -0.344 e. The maximum Gasteiger partial charge on any atom is 0.329 e. The second-order valence-corrected chi connectivity index (χ2v) is 10.7. The molecule has 2 N–H and O–H groups in total. The van der Waals surface area contributed by atoms with Gasteiger partial charge in [0, 0.05) is 36.5 Å². The number of hydrogen-bond acceptors (Lipinski definition) is 6. The molecule has 2 aliphatic heterocycles. The third kappa shape index (κ3) is 6.42. The number of rotatable bonds is 9. The number of benzene rings is 2. The minimum absolute atomic E-state index is 0.341. The Balaban J connectivity index is 1.56. The van der Waals surface area contributed by atoms with E-state index in [1.165, 1.54) is 9.80 Å². The molecule has 2 atom stereocenters. The second kappa shape index (κ2) is 13.1. The number of carbonyl (C=O) groups excluding carboxylic acids is 4. The SMILES string of the molecule is CNCCN(C)C(=O)C[C@H](NC(=O)[C@@H]1CCCCN1C(=O)N1c2ccccc2Sc2ccccc21)C(=O)CF. The second-order valence-electron chi connectivity index (χ2n) is 9.64. The van der Waals surface area contributed by atoms with E-state index in [4.69, 9.17) is 0 Å². The molecule has 4 rings (SSSR count). The highest BCUT2D eigenvalue weighted by molar-refractivity contribution is 7.99. The molecule has 2 aliphatic rings. The summed E-state index contributed by atoms with van der Waals surface area (Å²) in [5.74, 6) is -1.82. The normalized spacial score (nSPS) is 17.1. The molecule has 2 aromatic carbocycles. The highest BCUT2D eigenvalue weighted by Gasteiger charge is 2.39. The van der Waals surface area contributed by atoms with Gasteiger partial charge in [0.1, 0.15) is 12.7 Å². The molecule has 1 saturated heterocycles. The lowest BCUT2D eigenvalue weighted by atomic mass is 10.00. The first-order valence-corrected chi connectivity index (χ1v) is 13.9. The van der Waals surface area contributed by atoms with Crippen LogP contribution in [0, 0.1) is 0 Å². The van der Waals surface area contributed by atoms with Crippen molar-refractivity contribution in [1.29, 1.82) is 0 Å². The van der Waals surface area contributed by atoms with E-state index in [-0.39, 0.29) is 18.4 Å². The fourth-order valence-corrected chi connectivity index (χ4v) is 5.87. The molecule has 0 unspecified atom stereocenters. The van der Waals surface area contributed by atoms with Crippen molar-refractivity contribution >= 4 is 46.8 Å². The predicted molar refractivity (Wildman–Crippen MR) is 148 cm³/mol.